The van der Waals surface area contributed by atoms with Gasteiger partial charge in [-0.05, 0) is 43.3 Å². The minimum absolute atomic E-state index is 0.177. The van der Waals surface area contributed by atoms with Gasteiger partial charge in [-0.25, -0.2) is 4.79 Å². The Hall–Kier alpha value is -2.24. The second-order valence-electron chi connectivity index (χ2n) is 4.96. The van der Waals surface area contributed by atoms with E-state index in [1.54, 1.807) is 43.3 Å². The minimum atomic E-state index is -0.836. The number of carbonyl (C=O) groups excluding carboxylic acids is 2. The highest BCUT2D eigenvalue weighted by Crippen LogP contribution is 2.27. The van der Waals surface area contributed by atoms with E-state index in [2.05, 4.69) is 5.32 Å². The van der Waals surface area contributed by atoms with Crippen molar-refractivity contribution in [2.75, 3.05) is 5.32 Å². The maximum Gasteiger partial charge on any atom is 0.352 e. The van der Waals surface area contributed by atoms with Crippen molar-refractivity contribution in [3.05, 3.63) is 52.5 Å². The van der Waals surface area contributed by atoms with Crippen molar-refractivity contribution < 1.29 is 19.1 Å². The quantitative estimate of drug-likeness (QED) is 0.631. The Bertz CT molecular complexity index is 747. The Kier molecular flexibility index (Phi) is 6.06. The average Bonchev–Trinajstić information content (AvgIpc) is 2.52. The Morgan fingerprint density at radius 1 is 1.00 bits per heavy atom. The van der Waals surface area contributed by atoms with E-state index in [-0.39, 0.29) is 5.91 Å². The van der Waals surface area contributed by atoms with Crippen LogP contribution in [0, 0.1) is 0 Å². The molecule has 1 N–H and O–H groups in total. The summed E-state index contributed by atoms with van der Waals surface area (Å²) in [5.74, 6) is 0.0188. The number of hydrogen-bond acceptors (Lipinski definition) is 4. The largest absolute Gasteiger partial charge is 0.479 e. The van der Waals surface area contributed by atoms with Crippen LogP contribution in [0.15, 0.2) is 42.5 Å². The van der Waals surface area contributed by atoms with Gasteiger partial charge < -0.3 is 14.8 Å². The molecule has 0 saturated heterocycles. The second-order valence-corrected chi connectivity index (χ2v) is 5.78. The predicted molar refractivity (Wildman–Crippen MR) is 92.9 cm³/mol. The fraction of sp³-hybridized carbons (Fsp3) is 0.176. The summed E-state index contributed by atoms with van der Waals surface area (Å²) in [7, 11) is 0. The molecule has 1 atom stereocenters. The van der Waals surface area contributed by atoms with E-state index in [1.807, 2.05) is 0 Å². The lowest BCUT2D eigenvalue weighted by atomic mass is 10.3. The van der Waals surface area contributed by atoms with Crippen LogP contribution in [0.2, 0.25) is 10.0 Å². The summed E-state index contributed by atoms with van der Waals surface area (Å²) in [5.41, 5.74) is 0.613. The first kappa shape index (κ1) is 18.1. The number of esters is 1. The van der Waals surface area contributed by atoms with Crippen LogP contribution >= 0.6 is 23.2 Å². The summed E-state index contributed by atoms with van der Waals surface area (Å²) in [5, 5.41) is 3.36. The zero-order valence-electron chi connectivity index (χ0n) is 13.0. The minimum Gasteiger partial charge on any atom is -0.479 e. The van der Waals surface area contributed by atoms with Gasteiger partial charge in [0.1, 0.15) is 11.5 Å². The zero-order chi connectivity index (χ0) is 17.7. The molecule has 2 aromatic rings. The first-order chi connectivity index (χ1) is 11.3. The Balaban J connectivity index is 1.95. The lowest BCUT2D eigenvalue weighted by molar-refractivity contribution is -0.141. The van der Waals surface area contributed by atoms with E-state index in [0.29, 0.717) is 27.2 Å². The molecule has 1 amide bonds. The molecule has 126 valence electrons. The van der Waals surface area contributed by atoms with Gasteiger partial charge in [-0.15, -0.1) is 0 Å². The Morgan fingerprint density at radius 3 is 2.21 bits per heavy atom. The monoisotopic (exact) mass is 367 g/mol. The van der Waals surface area contributed by atoms with Gasteiger partial charge in [0.15, 0.2) is 6.10 Å². The summed E-state index contributed by atoms with van der Waals surface area (Å²) in [6.45, 7) is 2.98. The maximum atomic E-state index is 12.1. The third kappa shape index (κ3) is 5.15. The van der Waals surface area contributed by atoms with Gasteiger partial charge in [-0.3, -0.25) is 4.79 Å². The summed E-state index contributed by atoms with van der Waals surface area (Å²) in [4.78, 5) is 23.0. The standard InChI is InChI=1S/C17H15Cl2NO4/c1-10(23-14-7-8-15(18)16(19)9-14)17(22)24-13-5-3-12(4-6-13)20-11(2)21/h3-10H,1-2H3,(H,20,21). The number of halogens is 2. The molecule has 0 heterocycles. The molecule has 0 aromatic heterocycles. The van der Waals surface area contributed by atoms with Crippen LogP contribution in [-0.4, -0.2) is 18.0 Å². The van der Waals surface area contributed by atoms with Crippen molar-refractivity contribution in [1.82, 2.24) is 0 Å². The van der Waals surface area contributed by atoms with Crippen LogP contribution in [-0.2, 0) is 9.59 Å². The van der Waals surface area contributed by atoms with Crippen molar-refractivity contribution in [1.29, 1.82) is 0 Å². The summed E-state index contributed by atoms with van der Waals surface area (Å²) in [6.07, 6.45) is -0.836. The van der Waals surface area contributed by atoms with Crippen molar-refractivity contribution in [2.24, 2.45) is 0 Å². The molecule has 0 spiro atoms. The third-order valence-corrected chi connectivity index (χ3v) is 3.67. The topological polar surface area (TPSA) is 64.6 Å². The van der Waals surface area contributed by atoms with Crippen LogP contribution in [0.1, 0.15) is 13.8 Å². The van der Waals surface area contributed by atoms with E-state index < -0.39 is 12.1 Å². The highest BCUT2D eigenvalue weighted by atomic mass is 35.5. The summed E-state index contributed by atoms with van der Waals surface area (Å²) >= 11 is 11.7. The number of hydrogen-bond donors (Lipinski definition) is 1. The molecule has 5 nitrogen and oxygen atoms in total. The predicted octanol–water partition coefficient (Wildman–Crippen LogP) is 4.32. The number of amides is 1. The molecule has 0 aliphatic rings. The molecule has 0 radical (unpaired) electrons. The third-order valence-electron chi connectivity index (χ3n) is 2.93. The van der Waals surface area contributed by atoms with Gasteiger partial charge in [0.05, 0.1) is 10.0 Å². The normalized spacial score (nSPS) is 11.5. The van der Waals surface area contributed by atoms with Gasteiger partial charge in [0, 0.05) is 18.7 Å². The second kappa shape index (κ2) is 8.04. The van der Waals surface area contributed by atoms with Crippen molar-refractivity contribution in [3.8, 4) is 11.5 Å². The first-order valence-electron chi connectivity index (χ1n) is 7.06. The van der Waals surface area contributed by atoms with Crippen LogP contribution in [0.25, 0.3) is 0 Å². The number of anilines is 1. The number of rotatable bonds is 5. The smallest absolute Gasteiger partial charge is 0.352 e. The zero-order valence-corrected chi connectivity index (χ0v) is 14.5. The average molecular weight is 368 g/mol. The molecule has 24 heavy (non-hydrogen) atoms. The molecule has 0 aliphatic carbocycles. The SMILES string of the molecule is CC(=O)Nc1ccc(OC(=O)C(C)Oc2ccc(Cl)c(Cl)c2)cc1. The van der Waals surface area contributed by atoms with E-state index in [9.17, 15) is 9.59 Å². The Labute approximate surface area is 149 Å². The Morgan fingerprint density at radius 2 is 1.62 bits per heavy atom. The van der Waals surface area contributed by atoms with Crippen molar-refractivity contribution in [3.63, 3.8) is 0 Å². The molecular weight excluding hydrogens is 353 g/mol. The van der Waals surface area contributed by atoms with Crippen LogP contribution in [0.5, 0.6) is 11.5 Å². The van der Waals surface area contributed by atoms with E-state index >= 15 is 0 Å². The van der Waals surface area contributed by atoms with Crippen LogP contribution in [0.4, 0.5) is 5.69 Å². The molecular formula is C17H15Cl2NO4. The number of ether oxygens (including phenoxy) is 2. The molecule has 0 saturated carbocycles. The molecule has 7 heteroatoms. The lowest BCUT2D eigenvalue weighted by Crippen LogP contribution is -2.28. The molecule has 2 rings (SSSR count). The fourth-order valence-electron chi connectivity index (χ4n) is 1.81. The van der Waals surface area contributed by atoms with Gasteiger partial charge >= 0.3 is 5.97 Å². The molecule has 1 unspecified atom stereocenters. The summed E-state index contributed by atoms with van der Waals surface area (Å²) in [6, 6.07) is 11.1. The van der Waals surface area contributed by atoms with Crippen LogP contribution in [0.3, 0.4) is 0 Å². The number of benzene rings is 2. The first-order valence-corrected chi connectivity index (χ1v) is 7.82. The highest BCUT2D eigenvalue weighted by Gasteiger charge is 2.18. The van der Waals surface area contributed by atoms with Gasteiger partial charge in [-0.1, -0.05) is 23.2 Å². The van der Waals surface area contributed by atoms with E-state index in [4.69, 9.17) is 32.7 Å². The van der Waals surface area contributed by atoms with Gasteiger partial charge in [0.2, 0.25) is 5.91 Å². The van der Waals surface area contributed by atoms with Crippen molar-refractivity contribution >= 4 is 40.8 Å². The number of carbonyl (C=O) groups is 2. The number of nitrogens with one attached hydrogen (secondary N) is 1. The molecule has 0 fully saturated rings. The highest BCUT2D eigenvalue weighted by molar-refractivity contribution is 6.42. The van der Waals surface area contributed by atoms with E-state index in [1.165, 1.54) is 13.0 Å². The molecule has 2 aromatic carbocycles. The van der Waals surface area contributed by atoms with Crippen LogP contribution < -0.4 is 14.8 Å². The van der Waals surface area contributed by atoms with Crippen molar-refractivity contribution in [2.45, 2.75) is 20.0 Å². The molecule has 0 aliphatic heterocycles. The lowest BCUT2D eigenvalue weighted by Gasteiger charge is -2.14. The molecule has 0 bridgehead atoms. The van der Waals surface area contributed by atoms with E-state index in [0.717, 1.165) is 0 Å². The maximum absolute atomic E-state index is 12.1. The summed E-state index contributed by atoms with van der Waals surface area (Å²) < 4.78 is 10.7. The van der Waals surface area contributed by atoms with Gasteiger partial charge in [-0.2, -0.15) is 0 Å². The van der Waals surface area contributed by atoms with Gasteiger partial charge in [0.25, 0.3) is 0 Å². The fourth-order valence-corrected chi connectivity index (χ4v) is 2.10.